The average molecular weight is 293 g/mol. The number of piperidine rings is 1. The van der Waals surface area contributed by atoms with Crippen LogP contribution in [0.5, 0.6) is 0 Å². The van der Waals surface area contributed by atoms with Crippen molar-refractivity contribution in [3.05, 3.63) is 30.1 Å². The molecule has 0 aromatic heterocycles. The number of carbonyl (C=O) groups excluding carboxylic acids is 1. The first-order valence-corrected chi connectivity index (χ1v) is 7.58. The maximum Gasteiger partial charge on any atom is 0.241 e. The lowest BCUT2D eigenvalue weighted by atomic mass is 10.1. The fraction of sp³-hybridized carbons (Fsp3) is 0.562. The van der Waals surface area contributed by atoms with Crippen molar-refractivity contribution in [2.45, 2.75) is 25.8 Å². The number of amides is 1. The van der Waals surface area contributed by atoms with E-state index < -0.39 is 0 Å². The molecule has 0 saturated carbocycles. The Bertz CT molecular complexity index is 457. The van der Waals surface area contributed by atoms with Crippen LogP contribution in [0.15, 0.2) is 24.3 Å². The topological polar surface area (TPSA) is 35.6 Å². The van der Waals surface area contributed by atoms with E-state index in [1.165, 1.54) is 12.1 Å². The van der Waals surface area contributed by atoms with Gasteiger partial charge >= 0.3 is 0 Å². The molecule has 1 fully saturated rings. The van der Waals surface area contributed by atoms with E-state index in [0.29, 0.717) is 19.1 Å². The average Bonchev–Trinajstić information content (AvgIpc) is 2.50. The van der Waals surface area contributed by atoms with Gasteiger partial charge in [-0.05, 0) is 64.2 Å². The van der Waals surface area contributed by atoms with Crippen molar-refractivity contribution in [2.75, 3.05) is 38.1 Å². The van der Waals surface area contributed by atoms with E-state index in [-0.39, 0.29) is 11.7 Å². The fourth-order valence-corrected chi connectivity index (χ4v) is 2.80. The highest BCUT2D eigenvalue weighted by Crippen LogP contribution is 2.16. The third-order valence-corrected chi connectivity index (χ3v) is 4.07. The Morgan fingerprint density at radius 1 is 1.29 bits per heavy atom. The first kappa shape index (κ1) is 15.9. The van der Waals surface area contributed by atoms with Gasteiger partial charge in [-0.3, -0.25) is 9.69 Å². The minimum Gasteiger partial charge on any atom is -0.317 e. The summed E-state index contributed by atoms with van der Waals surface area (Å²) in [5.74, 6) is -0.223. The summed E-state index contributed by atoms with van der Waals surface area (Å²) in [4.78, 5) is 16.3. The Balaban J connectivity index is 1.97. The molecular weight excluding hydrogens is 269 g/mol. The molecule has 0 atom stereocenters. The molecule has 1 amide bonds. The van der Waals surface area contributed by atoms with Crippen LogP contribution in [0.25, 0.3) is 0 Å². The zero-order chi connectivity index (χ0) is 15.2. The third-order valence-electron chi connectivity index (χ3n) is 4.07. The van der Waals surface area contributed by atoms with E-state index >= 15 is 0 Å². The molecule has 1 aliphatic rings. The second-order valence-corrected chi connectivity index (χ2v) is 5.51. The minimum absolute atomic E-state index is 0.0603. The number of hydrogen-bond donors (Lipinski definition) is 1. The maximum absolute atomic E-state index is 13.0. The van der Waals surface area contributed by atoms with Crippen LogP contribution in [-0.4, -0.2) is 50.1 Å². The number of rotatable bonds is 5. The number of carbonyl (C=O) groups is 1. The van der Waals surface area contributed by atoms with E-state index in [9.17, 15) is 9.18 Å². The zero-order valence-electron chi connectivity index (χ0n) is 12.8. The van der Waals surface area contributed by atoms with Gasteiger partial charge in [0.05, 0.1) is 6.54 Å². The molecule has 5 heteroatoms. The highest BCUT2D eigenvalue weighted by atomic mass is 19.1. The largest absolute Gasteiger partial charge is 0.317 e. The smallest absolute Gasteiger partial charge is 0.241 e. The molecule has 1 heterocycles. The number of anilines is 1. The van der Waals surface area contributed by atoms with Crippen molar-refractivity contribution >= 4 is 11.6 Å². The van der Waals surface area contributed by atoms with Crippen molar-refractivity contribution in [3.8, 4) is 0 Å². The van der Waals surface area contributed by atoms with Gasteiger partial charge in [-0.25, -0.2) is 4.39 Å². The van der Waals surface area contributed by atoms with Crippen LogP contribution < -0.4 is 10.2 Å². The lowest BCUT2D eigenvalue weighted by Crippen LogP contribution is -2.46. The Morgan fingerprint density at radius 2 is 1.90 bits per heavy atom. The normalized spacial score (nSPS) is 16.2. The summed E-state index contributed by atoms with van der Waals surface area (Å²) < 4.78 is 13.0. The van der Waals surface area contributed by atoms with Crippen molar-refractivity contribution in [3.63, 3.8) is 0 Å². The Morgan fingerprint density at radius 3 is 2.48 bits per heavy atom. The molecule has 0 unspecified atom stereocenters. The van der Waals surface area contributed by atoms with E-state index in [4.69, 9.17) is 0 Å². The van der Waals surface area contributed by atoms with Gasteiger partial charge in [-0.2, -0.15) is 0 Å². The molecular formula is C16H24FN3O. The maximum atomic E-state index is 13.0. The summed E-state index contributed by atoms with van der Waals surface area (Å²) in [5, 5.41) is 3.33. The van der Waals surface area contributed by atoms with E-state index in [1.54, 1.807) is 17.0 Å². The van der Waals surface area contributed by atoms with Gasteiger partial charge in [0.1, 0.15) is 5.82 Å². The van der Waals surface area contributed by atoms with Crippen LogP contribution in [0.3, 0.4) is 0 Å². The molecule has 0 aliphatic carbocycles. The lowest BCUT2D eigenvalue weighted by Gasteiger charge is -2.32. The zero-order valence-corrected chi connectivity index (χ0v) is 12.8. The first-order valence-electron chi connectivity index (χ1n) is 7.58. The van der Waals surface area contributed by atoms with Crippen LogP contribution >= 0.6 is 0 Å². The van der Waals surface area contributed by atoms with Crippen molar-refractivity contribution in [1.82, 2.24) is 10.2 Å². The van der Waals surface area contributed by atoms with Crippen molar-refractivity contribution in [2.24, 2.45) is 0 Å². The molecule has 0 bridgehead atoms. The fourth-order valence-electron chi connectivity index (χ4n) is 2.80. The van der Waals surface area contributed by atoms with Gasteiger partial charge in [0.15, 0.2) is 0 Å². The summed E-state index contributed by atoms with van der Waals surface area (Å²) in [7, 11) is 2.01. The van der Waals surface area contributed by atoms with Gasteiger partial charge in [-0.15, -0.1) is 0 Å². The summed E-state index contributed by atoms with van der Waals surface area (Å²) >= 11 is 0. The quantitative estimate of drug-likeness (QED) is 0.900. The van der Waals surface area contributed by atoms with E-state index in [2.05, 4.69) is 10.2 Å². The molecule has 1 N–H and O–H groups in total. The van der Waals surface area contributed by atoms with Crippen molar-refractivity contribution in [1.29, 1.82) is 0 Å². The lowest BCUT2D eigenvalue weighted by molar-refractivity contribution is -0.120. The molecule has 4 nitrogen and oxygen atoms in total. The number of hydrogen-bond acceptors (Lipinski definition) is 3. The molecule has 0 radical (unpaired) electrons. The van der Waals surface area contributed by atoms with Crippen LogP contribution in [0.2, 0.25) is 0 Å². The predicted octanol–water partition coefficient (Wildman–Crippen LogP) is 1.86. The molecule has 0 spiro atoms. The Labute approximate surface area is 125 Å². The summed E-state index contributed by atoms with van der Waals surface area (Å²) in [6, 6.07) is 6.55. The summed E-state index contributed by atoms with van der Waals surface area (Å²) in [6.45, 7) is 4.95. The highest BCUT2D eigenvalue weighted by Gasteiger charge is 2.22. The van der Waals surface area contributed by atoms with Gasteiger partial charge in [0.25, 0.3) is 0 Å². The Kier molecular flexibility index (Phi) is 5.70. The van der Waals surface area contributed by atoms with Gasteiger partial charge < -0.3 is 10.2 Å². The standard InChI is InChI=1S/C16H24FN3O/c1-3-20(15-6-4-13(17)5-7-15)16(21)12-19(2)14-8-10-18-11-9-14/h4-7,14,18H,3,8-12H2,1-2H3. The Hall–Kier alpha value is -1.46. The van der Waals surface area contributed by atoms with Crippen LogP contribution in [0.4, 0.5) is 10.1 Å². The van der Waals surface area contributed by atoms with Crippen LogP contribution in [0.1, 0.15) is 19.8 Å². The molecule has 1 aliphatic heterocycles. The number of benzene rings is 1. The predicted molar refractivity (Wildman–Crippen MR) is 82.9 cm³/mol. The molecule has 116 valence electrons. The number of halogens is 1. The van der Waals surface area contributed by atoms with Crippen LogP contribution in [-0.2, 0) is 4.79 Å². The van der Waals surface area contributed by atoms with Crippen molar-refractivity contribution < 1.29 is 9.18 Å². The second-order valence-electron chi connectivity index (χ2n) is 5.51. The first-order chi connectivity index (χ1) is 10.1. The number of likely N-dealkylation sites (N-methyl/N-ethyl adjacent to an activating group) is 2. The van der Waals surface area contributed by atoms with E-state index in [1.807, 2.05) is 14.0 Å². The second kappa shape index (κ2) is 7.52. The summed E-state index contributed by atoms with van der Waals surface area (Å²) in [5.41, 5.74) is 0.752. The third kappa shape index (κ3) is 4.25. The molecule has 1 aromatic rings. The number of nitrogens with one attached hydrogen (secondary N) is 1. The molecule has 1 saturated heterocycles. The monoisotopic (exact) mass is 293 g/mol. The highest BCUT2D eigenvalue weighted by molar-refractivity contribution is 5.94. The van der Waals surface area contributed by atoms with E-state index in [0.717, 1.165) is 31.6 Å². The summed E-state index contributed by atoms with van der Waals surface area (Å²) in [6.07, 6.45) is 2.15. The van der Waals surface area contributed by atoms with Gasteiger partial charge in [0.2, 0.25) is 5.91 Å². The number of nitrogens with zero attached hydrogens (tertiary/aromatic N) is 2. The van der Waals surface area contributed by atoms with Crippen LogP contribution in [0, 0.1) is 5.82 Å². The van der Waals surface area contributed by atoms with Gasteiger partial charge in [-0.1, -0.05) is 0 Å². The minimum atomic E-state index is -0.283. The molecule has 1 aromatic carbocycles. The molecule has 2 rings (SSSR count). The SMILES string of the molecule is CCN(C(=O)CN(C)C1CCNCC1)c1ccc(F)cc1. The molecule has 21 heavy (non-hydrogen) atoms. The van der Waals surface area contributed by atoms with Gasteiger partial charge in [0, 0.05) is 18.3 Å².